The number of rotatable bonds is 10. The third-order valence-corrected chi connectivity index (χ3v) is 6.44. The summed E-state index contributed by atoms with van der Waals surface area (Å²) in [6, 6.07) is 10.3. The molecule has 0 N–H and O–H groups in total. The molecule has 0 radical (unpaired) electrons. The molecule has 0 bridgehead atoms. The van der Waals surface area contributed by atoms with Crippen LogP contribution in [0.1, 0.15) is 54.9 Å². The highest BCUT2D eigenvalue weighted by molar-refractivity contribution is 5.99. The number of nitro benzene ring substituents is 1. The lowest BCUT2D eigenvalue weighted by Gasteiger charge is -2.26. The molecule has 9 nitrogen and oxygen atoms in total. The highest BCUT2D eigenvalue weighted by Crippen LogP contribution is 2.39. The largest absolute Gasteiger partial charge is 0.494 e. The van der Waals surface area contributed by atoms with Crippen molar-refractivity contribution in [1.82, 2.24) is 9.80 Å². The molecule has 1 aromatic heterocycles. The quantitative estimate of drug-likeness (QED) is 0.314. The molecular formula is C26H29N3O6. The molecule has 3 aromatic rings. The van der Waals surface area contributed by atoms with Crippen molar-refractivity contribution in [2.75, 3.05) is 32.8 Å². The molecule has 0 spiro atoms. The van der Waals surface area contributed by atoms with E-state index in [0.29, 0.717) is 41.9 Å². The lowest BCUT2D eigenvalue weighted by Crippen LogP contribution is -2.33. The van der Waals surface area contributed by atoms with Crippen LogP contribution in [0.25, 0.3) is 11.0 Å². The Hall–Kier alpha value is -3.72. The highest BCUT2D eigenvalue weighted by atomic mass is 16.6. The van der Waals surface area contributed by atoms with Crippen LogP contribution in [0.4, 0.5) is 5.69 Å². The number of hydrogen-bond donors (Lipinski definition) is 0. The summed E-state index contributed by atoms with van der Waals surface area (Å²) in [5, 5.41) is 11.5. The molecule has 1 amide bonds. The van der Waals surface area contributed by atoms with Crippen LogP contribution in [-0.2, 0) is 0 Å². The smallest absolute Gasteiger partial charge is 0.290 e. The summed E-state index contributed by atoms with van der Waals surface area (Å²) in [7, 11) is 0. The molecule has 2 heterocycles. The van der Waals surface area contributed by atoms with E-state index in [1.165, 1.54) is 12.1 Å². The number of ether oxygens (including phenoxy) is 1. The normalized spacial score (nSPS) is 15.1. The number of benzene rings is 2. The molecule has 35 heavy (non-hydrogen) atoms. The van der Waals surface area contributed by atoms with Crippen molar-refractivity contribution in [3.63, 3.8) is 0 Å². The number of carbonyl (C=O) groups is 1. The van der Waals surface area contributed by atoms with Crippen LogP contribution in [0.5, 0.6) is 5.75 Å². The monoisotopic (exact) mass is 479 g/mol. The molecule has 2 aromatic carbocycles. The Bertz CT molecular complexity index is 1300. The Morgan fingerprint density at radius 3 is 2.43 bits per heavy atom. The fourth-order valence-corrected chi connectivity index (χ4v) is 4.62. The second-order valence-corrected chi connectivity index (χ2v) is 8.40. The van der Waals surface area contributed by atoms with Gasteiger partial charge in [-0.2, -0.15) is 0 Å². The first-order valence-corrected chi connectivity index (χ1v) is 11.9. The molecule has 0 saturated heterocycles. The molecular weight excluding hydrogens is 450 g/mol. The number of amides is 1. The number of fused-ring (bicyclic) bond motifs is 2. The van der Waals surface area contributed by atoms with Crippen molar-refractivity contribution in [2.24, 2.45) is 0 Å². The van der Waals surface area contributed by atoms with Gasteiger partial charge in [-0.1, -0.05) is 13.8 Å². The van der Waals surface area contributed by atoms with E-state index in [-0.39, 0.29) is 28.3 Å². The van der Waals surface area contributed by atoms with Gasteiger partial charge in [0, 0.05) is 24.7 Å². The van der Waals surface area contributed by atoms with E-state index in [0.717, 1.165) is 19.6 Å². The SMILES string of the molecule is CCOc1ccc2c(=O)c3c(oc2c1)C(=O)N(CCCN(CC)CC)C3c1ccc([N+](=O)[O-])cc1. The molecule has 184 valence electrons. The maximum atomic E-state index is 13.6. The van der Waals surface area contributed by atoms with Crippen molar-refractivity contribution >= 4 is 22.6 Å². The average molecular weight is 480 g/mol. The molecule has 1 aliphatic rings. The summed E-state index contributed by atoms with van der Waals surface area (Å²) >= 11 is 0. The summed E-state index contributed by atoms with van der Waals surface area (Å²) < 4.78 is 11.5. The number of nitro groups is 1. The minimum atomic E-state index is -0.678. The zero-order chi connectivity index (χ0) is 25.1. The summed E-state index contributed by atoms with van der Waals surface area (Å²) in [6.45, 7) is 9.53. The van der Waals surface area contributed by atoms with E-state index in [2.05, 4.69) is 18.7 Å². The number of hydrogen-bond acceptors (Lipinski definition) is 7. The summed E-state index contributed by atoms with van der Waals surface area (Å²) in [4.78, 5) is 41.7. The van der Waals surface area contributed by atoms with Crippen LogP contribution in [0, 0.1) is 10.1 Å². The average Bonchev–Trinajstić information content (AvgIpc) is 3.13. The predicted molar refractivity (Wildman–Crippen MR) is 132 cm³/mol. The topological polar surface area (TPSA) is 106 Å². The third-order valence-electron chi connectivity index (χ3n) is 6.44. The van der Waals surface area contributed by atoms with E-state index in [9.17, 15) is 19.7 Å². The van der Waals surface area contributed by atoms with Gasteiger partial charge in [-0.05, 0) is 62.8 Å². The zero-order valence-corrected chi connectivity index (χ0v) is 20.2. The third kappa shape index (κ3) is 4.64. The standard InChI is InChI=1S/C26H29N3O6/c1-4-27(5-2)14-7-15-28-23(17-8-10-18(11-9-17)29(32)33)22-24(30)20-13-12-19(34-6-3)16-21(20)35-25(22)26(28)31/h8-13,16,23H,4-7,14-15H2,1-3H3. The van der Waals surface area contributed by atoms with Gasteiger partial charge < -0.3 is 19.0 Å². The first-order valence-electron chi connectivity index (χ1n) is 11.9. The van der Waals surface area contributed by atoms with Crippen molar-refractivity contribution < 1.29 is 18.9 Å². The van der Waals surface area contributed by atoms with E-state index in [1.807, 2.05) is 6.92 Å². The number of non-ortho nitro benzene ring substituents is 1. The molecule has 1 unspecified atom stereocenters. The van der Waals surface area contributed by atoms with Crippen molar-refractivity contribution in [3.05, 3.63) is 79.7 Å². The first kappa shape index (κ1) is 24.4. The molecule has 0 aliphatic carbocycles. The fraction of sp³-hybridized carbons (Fsp3) is 0.385. The fourth-order valence-electron chi connectivity index (χ4n) is 4.62. The Labute approximate surface area is 203 Å². The Kier molecular flexibility index (Phi) is 7.16. The minimum Gasteiger partial charge on any atom is -0.494 e. The van der Waals surface area contributed by atoms with Gasteiger partial charge in [-0.3, -0.25) is 19.7 Å². The summed E-state index contributed by atoms with van der Waals surface area (Å²) in [5.41, 5.74) is 0.847. The van der Waals surface area contributed by atoms with Gasteiger partial charge in [0.05, 0.1) is 28.5 Å². The van der Waals surface area contributed by atoms with Crippen LogP contribution in [0.2, 0.25) is 0 Å². The molecule has 1 atom stereocenters. The van der Waals surface area contributed by atoms with Crippen LogP contribution in [0.15, 0.2) is 51.7 Å². The lowest BCUT2D eigenvalue weighted by atomic mass is 9.98. The van der Waals surface area contributed by atoms with Gasteiger partial charge in [-0.15, -0.1) is 0 Å². The van der Waals surface area contributed by atoms with Gasteiger partial charge in [-0.25, -0.2) is 0 Å². The second-order valence-electron chi connectivity index (χ2n) is 8.40. The van der Waals surface area contributed by atoms with Crippen molar-refractivity contribution in [2.45, 2.75) is 33.2 Å². The molecule has 0 fully saturated rings. The van der Waals surface area contributed by atoms with Crippen LogP contribution < -0.4 is 10.2 Å². The Morgan fingerprint density at radius 1 is 1.09 bits per heavy atom. The number of nitrogens with zero attached hydrogens (tertiary/aromatic N) is 3. The summed E-state index contributed by atoms with van der Waals surface area (Å²) in [5.74, 6) is 0.211. The highest BCUT2D eigenvalue weighted by Gasteiger charge is 2.42. The van der Waals surface area contributed by atoms with Gasteiger partial charge in [0.1, 0.15) is 11.3 Å². The summed E-state index contributed by atoms with van der Waals surface area (Å²) in [6.07, 6.45) is 0.715. The minimum absolute atomic E-state index is 0.0161. The lowest BCUT2D eigenvalue weighted by molar-refractivity contribution is -0.384. The maximum Gasteiger partial charge on any atom is 0.290 e. The van der Waals surface area contributed by atoms with Crippen molar-refractivity contribution in [1.29, 1.82) is 0 Å². The van der Waals surface area contributed by atoms with Gasteiger partial charge in [0.15, 0.2) is 5.43 Å². The van der Waals surface area contributed by atoms with Crippen molar-refractivity contribution in [3.8, 4) is 5.75 Å². The van der Waals surface area contributed by atoms with Crippen LogP contribution in [0.3, 0.4) is 0 Å². The second kappa shape index (κ2) is 10.3. The molecule has 9 heteroatoms. The predicted octanol–water partition coefficient (Wildman–Crippen LogP) is 4.38. The Morgan fingerprint density at radius 2 is 1.80 bits per heavy atom. The molecule has 1 aliphatic heterocycles. The Balaban J connectivity index is 1.80. The molecule has 0 saturated carbocycles. The van der Waals surface area contributed by atoms with Gasteiger partial charge >= 0.3 is 0 Å². The maximum absolute atomic E-state index is 13.6. The first-order chi connectivity index (χ1) is 16.9. The van der Waals surface area contributed by atoms with Gasteiger partial charge in [0.2, 0.25) is 5.76 Å². The van der Waals surface area contributed by atoms with E-state index >= 15 is 0 Å². The number of carbonyl (C=O) groups excluding carboxylic acids is 1. The van der Waals surface area contributed by atoms with Crippen LogP contribution >= 0.6 is 0 Å². The van der Waals surface area contributed by atoms with E-state index in [4.69, 9.17) is 9.15 Å². The van der Waals surface area contributed by atoms with E-state index < -0.39 is 11.0 Å². The van der Waals surface area contributed by atoms with E-state index in [1.54, 1.807) is 35.2 Å². The van der Waals surface area contributed by atoms with Crippen LogP contribution in [-0.4, -0.2) is 53.4 Å². The zero-order valence-electron chi connectivity index (χ0n) is 20.2. The molecule has 4 rings (SSSR count). The van der Waals surface area contributed by atoms with Gasteiger partial charge in [0.25, 0.3) is 11.6 Å².